The van der Waals surface area contributed by atoms with Crippen molar-refractivity contribution in [2.24, 2.45) is 0 Å². The minimum absolute atomic E-state index is 0.0285. The average Bonchev–Trinajstić information content (AvgIpc) is 2.77. The van der Waals surface area contributed by atoms with Crippen LogP contribution < -0.4 is 4.90 Å². The van der Waals surface area contributed by atoms with Crippen molar-refractivity contribution in [3.8, 4) is 0 Å². The molecule has 5 nitrogen and oxygen atoms in total. The number of nitrogens with zero attached hydrogens (tertiary/aromatic N) is 2. The molecule has 0 aliphatic carbocycles. The summed E-state index contributed by atoms with van der Waals surface area (Å²) in [4.78, 5) is 28.6. The highest BCUT2D eigenvalue weighted by Gasteiger charge is 2.38. The highest BCUT2D eigenvalue weighted by Crippen LogP contribution is 2.33. The van der Waals surface area contributed by atoms with Crippen molar-refractivity contribution in [1.29, 1.82) is 0 Å². The number of carbonyl (C=O) groups is 2. The van der Waals surface area contributed by atoms with Crippen molar-refractivity contribution in [2.45, 2.75) is 26.8 Å². The normalized spacial score (nSPS) is 16.4. The molecular weight excluding hydrogens is 304 g/mol. The van der Waals surface area contributed by atoms with Crippen LogP contribution in [0.15, 0.2) is 41.1 Å². The predicted octanol–water partition coefficient (Wildman–Crippen LogP) is 2.83. The number of amides is 1. The Morgan fingerprint density at radius 2 is 1.79 bits per heavy atom. The molecule has 1 amide bonds. The van der Waals surface area contributed by atoms with E-state index in [9.17, 15) is 9.59 Å². The number of benzene rings is 1. The van der Waals surface area contributed by atoms with Gasteiger partial charge >= 0.3 is 5.97 Å². The average molecular weight is 328 g/mol. The summed E-state index contributed by atoms with van der Waals surface area (Å²) in [5, 5.41) is 0. The van der Waals surface area contributed by atoms with Gasteiger partial charge in [0, 0.05) is 31.5 Å². The Bertz CT molecular complexity index is 713. The van der Waals surface area contributed by atoms with Crippen molar-refractivity contribution in [1.82, 2.24) is 4.90 Å². The number of allylic oxidation sites excluding steroid dienone is 1. The van der Waals surface area contributed by atoms with Crippen molar-refractivity contribution < 1.29 is 14.3 Å². The molecule has 1 aromatic rings. The highest BCUT2D eigenvalue weighted by molar-refractivity contribution is 6.16. The van der Waals surface area contributed by atoms with Gasteiger partial charge in [-0.3, -0.25) is 4.79 Å². The van der Waals surface area contributed by atoms with E-state index in [0.717, 1.165) is 11.3 Å². The number of methoxy groups -OCH3 is 1. The van der Waals surface area contributed by atoms with Crippen LogP contribution in [0, 0.1) is 0 Å². The van der Waals surface area contributed by atoms with E-state index >= 15 is 0 Å². The smallest absolute Gasteiger partial charge is 0.340 e. The summed E-state index contributed by atoms with van der Waals surface area (Å²) in [6, 6.07) is 7.77. The zero-order valence-corrected chi connectivity index (χ0v) is 15.1. The molecule has 1 aliphatic heterocycles. The molecule has 24 heavy (non-hydrogen) atoms. The lowest BCUT2D eigenvalue weighted by Crippen LogP contribution is -2.31. The molecule has 1 aliphatic rings. The molecular formula is C19H24N2O3. The molecule has 0 aromatic heterocycles. The molecule has 5 heteroatoms. The van der Waals surface area contributed by atoms with Gasteiger partial charge < -0.3 is 14.5 Å². The van der Waals surface area contributed by atoms with Gasteiger partial charge in [0.2, 0.25) is 0 Å². The van der Waals surface area contributed by atoms with E-state index in [4.69, 9.17) is 4.74 Å². The SMILES string of the molecule is COC(=O)C1=C(C)N(C(C)C)C(=O)/C1=C\c1ccc(N(C)C)cc1. The fourth-order valence-corrected chi connectivity index (χ4v) is 2.86. The Labute approximate surface area is 143 Å². The molecule has 0 bridgehead atoms. The molecule has 0 spiro atoms. The number of rotatable bonds is 4. The Kier molecular flexibility index (Phi) is 5.12. The third-order valence-corrected chi connectivity index (χ3v) is 4.07. The number of esters is 1. The van der Waals surface area contributed by atoms with E-state index in [1.54, 1.807) is 17.9 Å². The van der Waals surface area contributed by atoms with Crippen LogP contribution in [0.2, 0.25) is 0 Å². The first-order chi connectivity index (χ1) is 11.3. The topological polar surface area (TPSA) is 49.9 Å². The number of hydrogen-bond acceptors (Lipinski definition) is 4. The second-order valence-electron chi connectivity index (χ2n) is 6.26. The lowest BCUT2D eigenvalue weighted by Gasteiger charge is -2.22. The maximum absolute atomic E-state index is 12.8. The highest BCUT2D eigenvalue weighted by atomic mass is 16.5. The van der Waals surface area contributed by atoms with E-state index in [1.807, 2.05) is 57.1 Å². The van der Waals surface area contributed by atoms with Gasteiger partial charge in [-0.15, -0.1) is 0 Å². The van der Waals surface area contributed by atoms with Crippen molar-refractivity contribution >= 4 is 23.6 Å². The van der Waals surface area contributed by atoms with Crippen molar-refractivity contribution in [3.63, 3.8) is 0 Å². The summed E-state index contributed by atoms with van der Waals surface area (Å²) in [5.74, 6) is -0.653. The van der Waals surface area contributed by atoms with Gasteiger partial charge in [0.25, 0.3) is 5.91 Å². The quantitative estimate of drug-likeness (QED) is 0.630. The summed E-state index contributed by atoms with van der Waals surface area (Å²) in [6.45, 7) is 5.62. The Balaban J connectivity index is 2.49. The zero-order chi connectivity index (χ0) is 18.0. The molecule has 0 unspecified atom stereocenters. The lowest BCUT2D eigenvalue weighted by molar-refractivity contribution is -0.136. The van der Waals surface area contributed by atoms with Crippen molar-refractivity contribution in [3.05, 3.63) is 46.7 Å². The fourth-order valence-electron chi connectivity index (χ4n) is 2.86. The second-order valence-corrected chi connectivity index (χ2v) is 6.26. The molecule has 1 aromatic carbocycles. The standard InChI is InChI=1S/C19H24N2O3/c1-12(2)21-13(3)17(19(23)24-6)16(18(21)22)11-14-7-9-15(10-8-14)20(4)5/h7-12H,1-6H3/b16-11-. The van der Waals surface area contributed by atoms with Crippen LogP contribution in [0.3, 0.4) is 0 Å². The van der Waals surface area contributed by atoms with Gasteiger partial charge in [0.05, 0.1) is 18.3 Å². The van der Waals surface area contributed by atoms with Gasteiger partial charge in [0.1, 0.15) is 0 Å². The van der Waals surface area contributed by atoms with Gasteiger partial charge in [-0.2, -0.15) is 0 Å². The minimum Gasteiger partial charge on any atom is -0.465 e. The summed E-state index contributed by atoms with van der Waals surface area (Å²) >= 11 is 0. The Hall–Kier alpha value is -2.56. The summed E-state index contributed by atoms with van der Waals surface area (Å²) in [7, 11) is 5.26. The molecule has 0 atom stereocenters. The Morgan fingerprint density at radius 1 is 1.21 bits per heavy atom. The van der Waals surface area contributed by atoms with Crippen LogP contribution in [0.1, 0.15) is 26.3 Å². The second kappa shape index (κ2) is 6.91. The number of carbonyl (C=O) groups excluding carboxylic acids is 2. The van der Waals surface area contributed by atoms with Gasteiger partial charge in [-0.1, -0.05) is 12.1 Å². The van der Waals surface area contributed by atoms with Crippen LogP contribution in [0.4, 0.5) is 5.69 Å². The fraction of sp³-hybridized carbons (Fsp3) is 0.368. The monoisotopic (exact) mass is 328 g/mol. The van der Waals surface area contributed by atoms with E-state index in [-0.39, 0.29) is 11.9 Å². The maximum Gasteiger partial charge on any atom is 0.340 e. The minimum atomic E-state index is -0.486. The largest absolute Gasteiger partial charge is 0.465 e. The molecule has 0 fully saturated rings. The summed E-state index contributed by atoms with van der Waals surface area (Å²) < 4.78 is 4.88. The first-order valence-corrected chi connectivity index (χ1v) is 7.90. The molecule has 0 N–H and O–H groups in total. The van der Waals surface area contributed by atoms with E-state index in [1.165, 1.54) is 7.11 Å². The lowest BCUT2D eigenvalue weighted by atomic mass is 10.0. The van der Waals surface area contributed by atoms with E-state index < -0.39 is 5.97 Å². The first kappa shape index (κ1) is 17.8. The molecule has 0 saturated heterocycles. The van der Waals surface area contributed by atoms with Gasteiger partial charge in [-0.05, 0) is 44.5 Å². The summed E-state index contributed by atoms with van der Waals surface area (Å²) in [6.07, 6.45) is 1.75. The molecule has 1 heterocycles. The number of ether oxygens (including phenoxy) is 1. The third kappa shape index (κ3) is 3.20. The van der Waals surface area contributed by atoms with E-state index in [0.29, 0.717) is 16.8 Å². The van der Waals surface area contributed by atoms with Gasteiger partial charge in [-0.25, -0.2) is 4.79 Å². The van der Waals surface area contributed by atoms with Crippen LogP contribution in [-0.2, 0) is 14.3 Å². The van der Waals surface area contributed by atoms with Crippen molar-refractivity contribution in [2.75, 3.05) is 26.1 Å². The molecule has 0 saturated carbocycles. The third-order valence-electron chi connectivity index (χ3n) is 4.07. The first-order valence-electron chi connectivity index (χ1n) is 7.90. The molecule has 2 rings (SSSR count). The predicted molar refractivity (Wildman–Crippen MR) is 95.4 cm³/mol. The van der Waals surface area contributed by atoms with Crippen LogP contribution in [0.25, 0.3) is 6.08 Å². The molecule has 0 radical (unpaired) electrons. The van der Waals surface area contributed by atoms with E-state index in [2.05, 4.69) is 0 Å². The molecule has 128 valence electrons. The Morgan fingerprint density at radius 3 is 2.25 bits per heavy atom. The maximum atomic E-state index is 12.8. The number of anilines is 1. The van der Waals surface area contributed by atoms with Crippen LogP contribution in [0.5, 0.6) is 0 Å². The van der Waals surface area contributed by atoms with Gasteiger partial charge in [0.15, 0.2) is 0 Å². The zero-order valence-electron chi connectivity index (χ0n) is 15.1. The summed E-state index contributed by atoms with van der Waals surface area (Å²) in [5.41, 5.74) is 3.29. The number of hydrogen-bond donors (Lipinski definition) is 0. The van der Waals surface area contributed by atoms with Crippen LogP contribution in [-0.4, -0.2) is 44.0 Å². The van der Waals surface area contributed by atoms with Crippen LogP contribution >= 0.6 is 0 Å².